The van der Waals surface area contributed by atoms with Crippen LogP contribution in [0.5, 0.6) is 0 Å². The zero-order valence-electron chi connectivity index (χ0n) is 13.3. The smallest absolute Gasteiger partial charge is 0.376 e. The SMILES string of the molecule is O=S(=O)(c1cc(F)ccc1Nc1cnn(CC2CCCO2)c1)C(F)(F)F. The number of hydrogen-bond acceptors (Lipinski definition) is 5. The third-order valence-corrected chi connectivity index (χ3v) is 5.39. The standard InChI is InChI=1S/C15H15F4N3O3S/c16-10-3-4-13(14(6-10)26(23,24)15(17,18)19)21-11-7-20-22(8-11)9-12-2-1-5-25-12/h3-4,6-8,12,21H,1-2,5,9H2. The van der Waals surface area contributed by atoms with Gasteiger partial charge in [-0.05, 0) is 31.0 Å². The van der Waals surface area contributed by atoms with E-state index in [0.717, 1.165) is 25.0 Å². The summed E-state index contributed by atoms with van der Waals surface area (Å²) in [5, 5.41) is 6.62. The van der Waals surface area contributed by atoms with Crippen molar-refractivity contribution in [3.8, 4) is 0 Å². The van der Waals surface area contributed by atoms with Crippen molar-refractivity contribution < 1.29 is 30.7 Å². The Morgan fingerprint density at radius 2 is 2.12 bits per heavy atom. The summed E-state index contributed by atoms with van der Waals surface area (Å²) in [5.74, 6) is -1.09. The molecule has 0 radical (unpaired) electrons. The highest BCUT2D eigenvalue weighted by Crippen LogP contribution is 2.35. The Bertz CT molecular complexity index is 890. The minimum Gasteiger partial charge on any atom is -0.376 e. The lowest BCUT2D eigenvalue weighted by molar-refractivity contribution is -0.0435. The molecule has 26 heavy (non-hydrogen) atoms. The van der Waals surface area contributed by atoms with Crippen LogP contribution in [0.4, 0.5) is 28.9 Å². The van der Waals surface area contributed by atoms with Crippen molar-refractivity contribution in [2.75, 3.05) is 11.9 Å². The van der Waals surface area contributed by atoms with E-state index in [4.69, 9.17) is 4.74 Å². The maximum Gasteiger partial charge on any atom is 0.501 e. The Labute approximate surface area is 146 Å². The number of ether oxygens (including phenoxy) is 1. The summed E-state index contributed by atoms with van der Waals surface area (Å²) in [4.78, 5) is -1.18. The molecular weight excluding hydrogens is 378 g/mol. The van der Waals surface area contributed by atoms with Crippen LogP contribution in [-0.2, 0) is 21.1 Å². The minimum absolute atomic E-state index is 0.00902. The molecule has 0 bridgehead atoms. The fourth-order valence-electron chi connectivity index (χ4n) is 2.63. The number of nitrogens with zero attached hydrogens (tertiary/aromatic N) is 2. The van der Waals surface area contributed by atoms with Gasteiger partial charge in [-0.3, -0.25) is 4.68 Å². The van der Waals surface area contributed by atoms with Gasteiger partial charge in [-0.25, -0.2) is 12.8 Å². The normalized spacial score (nSPS) is 18.2. The van der Waals surface area contributed by atoms with Crippen molar-refractivity contribution in [2.45, 2.75) is 35.9 Å². The van der Waals surface area contributed by atoms with E-state index in [1.165, 1.54) is 12.4 Å². The largest absolute Gasteiger partial charge is 0.501 e. The number of sulfone groups is 1. The van der Waals surface area contributed by atoms with Crippen LogP contribution in [0.3, 0.4) is 0 Å². The lowest BCUT2D eigenvalue weighted by atomic mass is 10.2. The number of nitrogens with one attached hydrogen (secondary N) is 1. The van der Waals surface area contributed by atoms with Crippen LogP contribution in [0, 0.1) is 5.82 Å². The first-order valence-corrected chi connectivity index (χ1v) is 9.17. The minimum atomic E-state index is -5.71. The van der Waals surface area contributed by atoms with Crippen molar-refractivity contribution in [1.82, 2.24) is 9.78 Å². The van der Waals surface area contributed by atoms with E-state index in [2.05, 4.69) is 10.4 Å². The second-order valence-electron chi connectivity index (χ2n) is 5.80. The van der Waals surface area contributed by atoms with Crippen molar-refractivity contribution in [1.29, 1.82) is 0 Å². The van der Waals surface area contributed by atoms with Crippen LogP contribution >= 0.6 is 0 Å². The molecule has 3 rings (SSSR count). The third kappa shape index (κ3) is 3.83. The molecule has 0 spiro atoms. The number of benzene rings is 1. The highest BCUT2D eigenvalue weighted by molar-refractivity contribution is 7.92. The van der Waals surface area contributed by atoms with E-state index in [0.29, 0.717) is 19.2 Å². The fraction of sp³-hybridized carbons (Fsp3) is 0.400. The number of hydrogen-bond donors (Lipinski definition) is 1. The van der Waals surface area contributed by atoms with Crippen molar-refractivity contribution in [3.05, 3.63) is 36.4 Å². The molecule has 142 valence electrons. The van der Waals surface area contributed by atoms with Crippen LogP contribution in [0.1, 0.15) is 12.8 Å². The topological polar surface area (TPSA) is 73.2 Å². The molecule has 11 heteroatoms. The predicted molar refractivity (Wildman–Crippen MR) is 84.1 cm³/mol. The summed E-state index contributed by atoms with van der Waals surface area (Å²) >= 11 is 0. The monoisotopic (exact) mass is 393 g/mol. The maximum absolute atomic E-state index is 13.3. The quantitative estimate of drug-likeness (QED) is 0.790. The Balaban J connectivity index is 1.85. The van der Waals surface area contributed by atoms with E-state index >= 15 is 0 Å². The van der Waals surface area contributed by atoms with Gasteiger partial charge in [0.25, 0.3) is 9.84 Å². The highest BCUT2D eigenvalue weighted by atomic mass is 32.2. The van der Waals surface area contributed by atoms with E-state index in [9.17, 15) is 26.0 Å². The molecule has 1 N–H and O–H groups in total. The van der Waals surface area contributed by atoms with Gasteiger partial charge in [0.05, 0.1) is 30.2 Å². The number of aromatic nitrogens is 2. The van der Waals surface area contributed by atoms with Gasteiger partial charge < -0.3 is 10.1 Å². The molecule has 2 heterocycles. The summed E-state index contributed by atoms with van der Waals surface area (Å²) in [7, 11) is -5.71. The van der Waals surface area contributed by atoms with E-state index in [-0.39, 0.29) is 17.5 Å². The van der Waals surface area contributed by atoms with Gasteiger partial charge in [0.15, 0.2) is 0 Å². The van der Waals surface area contributed by atoms with Gasteiger partial charge in [-0.15, -0.1) is 0 Å². The molecule has 6 nitrogen and oxygen atoms in total. The number of rotatable bonds is 5. The molecule has 1 aliphatic heterocycles. The van der Waals surface area contributed by atoms with Gasteiger partial charge in [0, 0.05) is 12.8 Å². The molecule has 0 saturated carbocycles. The van der Waals surface area contributed by atoms with E-state index in [1.807, 2.05) is 0 Å². The Morgan fingerprint density at radius 3 is 2.77 bits per heavy atom. The first-order chi connectivity index (χ1) is 12.2. The molecule has 1 aromatic heterocycles. The molecule has 0 aliphatic carbocycles. The summed E-state index contributed by atoms with van der Waals surface area (Å²) in [6, 6.07) is 2.14. The van der Waals surface area contributed by atoms with E-state index in [1.54, 1.807) is 4.68 Å². The lowest BCUT2D eigenvalue weighted by Crippen LogP contribution is -2.24. The van der Waals surface area contributed by atoms with Crippen molar-refractivity contribution >= 4 is 21.2 Å². The molecule has 1 fully saturated rings. The van der Waals surface area contributed by atoms with Crippen LogP contribution in [0.15, 0.2) is 35.5 Å². The summed E-state index contributed by atoms with van der Waals surface area (Å²) < 4.78 is 82.2. The maximum atomic E-state index is 13.3. The molecule has 1 saturated heterocycles. The number of anilines is 2. The molecule has 1 aromatic carbocycles. The number of halogens is 4. The van der Waals surface area contributed by atoms with Gasteiger partial charge in [-0.1, -0.05) is 0 Å². The van der Waals surface area contributed by atoms with Crippen LogP contribution < -0.4 is 5.32 Å². The second-order valence-corrected chi connectivity index (χ2v) is 7.71. The molecule has 1 atom stereocenters. The predicted octanol–water partition coefficient (Wildman–Crippen LogP) is 3.24. The first-order valence-electron chi connectivity index (χ1n) is 7.69. The Hall–Kier alpha value is -2.14. The average molecular weight is 393 g/mol. The molecule has 2 aromatic rings. The van der Waals surface area contributed by atoms with Gasteiger partial charge in [0.2, 0.25) is 0 Å². The molecule has 1 aliphatic rings. The number of alkyl halides is 3. The van der Waals surface area contributed by atoms with Crippen LogP contribution in [0.2, 0.25) is 0 Å². The summed E-state index contributed by atoms with van der Waals surface area (Å²) in [5.41, 5.74) is -5.66. The molecule has 0 amide bonds. The van der Waals surface area contributed by atoms with Crippen molar-refractivity contribution in [3.63, 3.8) is 0 Å². The van der Waals surface area contributed by atoms with Crippen LogP contribution in [0.25, 0.3) is 0 Å². The lowest BCUT2D eigenvalue weighted by Gasteiger charge is -2.13. The van der Waals surface area contributed by atoms with Gasteiger partial charge in [-0.2, -0.15) is 18.3 Å². The third-order valence-electron chi connectivity index (χ3n) is 3.86. The summed E-state index contributed by atoms with van der Waals surface area (Å²) in [6.07, 6.45) is 4.69. The van der Waals surface area contributed by atoms with Gasteiger partial charge in [0.1, 0.15) is 10.7 Å². The van der Waals surface area contributed by atoms with Gasteiger partial charge >= 0.3 is 5.51 Å². The van der Waals surface area contributed by atoms with Crippen LogP contribution in [-0.4, -0.2) is 36.4 Å². The first kappa shape index (κ1) is 18.6. The van der Waals surface area contributed by atoms with Crippen molar-refractivity contribution in [2.24, 2.45) is 0 Å². The summed E-state index contributed by atoms with van der Waals surface area (Å²) in [6.45, 7) is 1.14. The van der Waals surface area contributed by atoms with E-state index < -0.39 is 26.1 Å². The highest BCUT2D eigenvalue weighted by Gasteiger charge is 2.48. The average Bonchev–Trinajstić information content (AvgIpc) is 3.20. The molecule has 1 unspecified atom stereocenters. The Morgan fingerprint density at radius 1 is 1.35 bits per heavy atom. The molecular formula is C15H15F4N3O3S. The second kappa shape index (κ2) is 6.88. The zero-order chi connectivity index (χ0) is 18.9. The zero-order valence-corrected chi connectivity index (χ0v) is 14.1. The Kier molecular flexibility index (Phi) is 4.93. The fourth-order valence-corrected chi connectivity index (χ4v) is 3.55.